The Balaban J connectivity index is 1.99. The topological polar surface area (TPSA) is 46.6 Å². The molecule has 1 heterocycles. The second kappa shape index (κ2) is 4.83. The molecule has 0 saturated carbocycles. The van der Waals surface area contributed by atoms with Crippen LogP contribution in [0.3, 0.4) is 0 Å². The van der Waals surface area contributed by atoms with E-state index in [2.05, 4.69) is 0 Å². The smallest absolute Gasteiger partial charge is 0.245 e. The summed E-state index contributed by atoms with van der Waals surface area (Å²) in [6.07, 6.45) is 4.40. The van der Waals surface area contributed by atoms with Crippen molar-refractivity contribution in [3.63, 3.8) is 0 Å². The molecule has 0 aromatic heterocycles. The molecular weight excluding hydrogens is 274 g/mol. The first-order chi connectivity index (χ1) is 9.41. The highest BCUT2D eigenvalue weighted by atomic mass is 32.2. The van der Waals surface area contributed by atoms with Crippen molar-refractivity contribution >= 4 is 10.0 Å². The lowest BCUT2D eigenvalue weighted by Gasteiger charge is -2.28. The number of nitrogens with zero attached hydrogens (tertiary/aromatic N) is 1. The van der Waals surface area contributed by atoms with Crippen LogP contribution in [-0.4, -0.2) is 31.6 Å². The monoisotopic (exact) mass is 295 g/mol. The number of ether oxygens (including phenoxy) is 1. The van der Waals surface area contributed by atoms with E-state index in [0.29, 0.717) is 11.5 Å². The number of hydrogen-bond acceptors (Lipinski definition) is 3. The Hall–Kier alpha value is -0.910. The Morgan fingerprint density at radius 1 is 1.15 bits per heavy atom. The minimum Gasteiger partial charge on any atom is -0.363 e. The average Bonchev–Trinajstić information content (AvgIpc) is 2.78. The third kappa shape index (κ3) is 2.28. The molecule has 0 amide bonds. The van der Waals surface area contributed by atoms with Gasteiger partial charge in [-0.2, -0.15) is 4.31 Å². The highest BCUT2D eigenvalue weighted by molar-refractivity contribution is 7.89. The van der Waals surface area contributed by atoms with E-state index in [1.807, 2.05) is 26.0 Å². The van der Waals surface area contributed by atoms with Crippen molar-refractivity contribution < 1.29 is 13.2 Å². The van der Waals surface area contributed by atoms with Crippen LogP contribution in [-0.2, 0) is 27.6 Å². The van der Waals surface area contributed by atoms with E-state index in [4.69, 9.17) is 4.74 Å². The minimum absolute atomic E-state index is 0.145. The van der Waals surface area contributed by atoms with Crippen LogP contribution in [0.1, 0.15) is 37.8 Å². The van der Waals surface area contributed by atoms with Crippen LogP contribution in [0, 0.1) is 0 Å². The van der Waals surface area contributed by atoms with Crippen molar-refractivity contribution in [1.82, 2.24) is 4.31 Å². The molecule has 0 bridgehead atoms. The number of fused-ring (bicyclic) bond motifs is 1. The van der Waals surface area contributed by atoms with Crippen molar-refractivity contribution in [1.29, 1.82) is 0 Å². The van der Waals surface area contributed by atoms with Gasteiger partial charge in [0, 0.05) is 0 Å². The van der Waals surface area contributed by atoms with Gasteiger partial charge in [0.05, 0.1) is 17.0 Å². The molecule has 5 heteroatoms. The van der Waals surface area contributed by atoms with Crippen LogP contribution < -0.4 is 0 Å². The molecular formula is C15H21NO3S. The number of aryl methyl sites for hydroxylation is 2. The van der Waals surface area contributed by atoms with Crippen molar-refractivity contribution in [3.05, 3.63) is 29.3 Å². The van der Waals surface area contributed by atoms with E-state index < -0.39 is 15.6 Å². The van der Waals surface area contributed by atoms with Crippen molar-refractivity contribution in [2.75, 3.05) is 13.3 Å². The molecule has 1 aliphatic carbocycles. The second-order valence-corrected chi connectivity index (χ2v) is 8.14. The van der Waals surface area contributed by atoms with Gasteiger partial charge >= 0.3 is 0 Å². The van der Waals surface area contributed by atoms with E-state index in [9.17, 15) is 8.42 Å². The average molecular weight is 295 g/mol. The van der Waals surface area contributed by atoms with Gasteiger partial charge in [-0.25, -0.2) is 8.42 Å². The number of sulfonamides is 1. The second-order valence-electron chi connectivity index (χ2n) is 6.28. The normalized spacial score (nSPS) is 22.7. The Labute approximate surface area is 120 Å². The SMILES string of the molecule is CC1(C)COCN1S(=O)(=O)c1ccc2c(c1)CCCC2. The highest BCUT2D eigenvalue weighted by Gasteiger charge is 2.42. The number of rotatable bonds is 2. The zero-order valence-corrected chi connectivity index (χ0v) is 12.9. The molecule has 1 saturated heterocycles. The third-order valence-corrected chi connectivity index (χ3v) is 6.28. The van der Waals surface area contributed by atoms with E-state index in [0.717, 1.165) is 19.3 Å². The number of benzene rings is 1. The molecule has 0 spiro atoms. The Bertz CT molecular complexity index is 622. The summed E-state index contributed by atoms with van der Waals surface area (Å²) in [5.41, 5.74) is 2.01. The minimum atomic E-state index is -3.47. The van der Waals surface area contributed by atoms with Gasteiger partial charge in [0.15, 0.2) is 0 Å². The molecule has 1 fully saturated rings. The van der Waals surface area contributed by atoms with Gasteiger partial charge in [0.1, 0.15) is 6.73 Å². The van der Waals surface area contributed by atoms with Crippen LogP contribution in [0.5, 0.6) is 0 Å². The molecule has 0 radical (unpaired) electrons. The molecule has 1 aromatic carbocycles. The van der Waals surface area contributed by atoms with E-state index >= 15 is 0 Å². The molecule has 0 atom stereocenters. The summed E-state index contributed by atoms with van der Waals surface area (Å²) in [6, 6.07) is 5.58. The zero-order valence-electron chi connectivity index (χ0n) is 12.1. The van der Waals surface area contributed by atoms with Crippen molar-refractivity contribution in [2.45, 2.75) is 50.0 Å². The van der Waals surface area contributed by atoms with Crippen LogP contribution in [0.2, 0.25) is 0 Å². The summed E-state index contributed by atoms with van der Waals surface area (Å²) in [5.74, 6) is 0. The summed E-state index contributed by atoms with van der Waals surface area (Å²) in [4.78, 5) is 0.400. The van der Waals surface area contributed by atoms with Gasteiger partial charge in [0.25, 0.3) is 0 Å². The molecule has 20 heavy (non-hydrogen) atoms. The van der Waals surface area contributed by atoms with E-state index in [1.54, 1.807) is 6.07 Å². The van der Waals surface area contributed by atoms with Crippen molar-refractivity contribution in [3.8, 4) is 0 Å². The van der Waals surface area contributed by atoms with Crippen LogP contribution in [0.25, 0.3) is 0 Å². The lowest BCUT2D eigenvalue weighted by Crippen LogP contribution is -2.44. The molecule has 0 unspecified atom stereocenters. The summed E-state index contributed by atoms with van der Waals surface area (Å²) in [7, 11) is -3.47. The van der Waals surface area contributed by atoms with E-state index in [-0.39, 0.29) is 6.73 Å². The molecule has 1 aromatic rings. The standard InChI is InChI=1S/C15H21NO3S/c1-15(2)10-19-11-16(15)20(17,18)14-8-7-12-5-3-4-6-13(12)9-14/h7-9H,3-6,10-11H2,1-2H3. The third-order valence-electron chi connectivity index (χ3n) is 4.25. The molecule has 2 aliphatic rings. The maximum Gasteiger partial charge on any atom is 0.245 e. The lowest BCUT2D eigenvalue weighted by molar-refractivity contribution is 0.171. The van der Waals surface area contributed by atoms with Gasteiger partial charge in [-0.1, -0.05) is 6.07 Å². The lowest BCUT2D eigenvalue weighted by atomic mass is 9.92. The first-order valence-electron chi connectivity index (χ1n) is 7.14. The molecule has 0 N–H and O–H groups in total. The van der Waals surface area contributed by atoms with E-state index in [1.165, 1.54) is 21.9 Å². The fourth-order valence-corrected chi connectivity index (χ4v) is 4.72. The molecule has 110 valence electrons. The first kappa shape index (κ1) is 14.0. The fourth-order valence-electron chi connectivity index (χ4n) is 3.02. The first-order valence-corrected chi connectivity index (χ1v) is 8.58. The van der Waals surface area contributed by atoms with Gasteiger partial charge in [-0.05, 0) is 62.8 Å². The summed E-state index contributed by atoms with van der Waals surface area (Å²) < 4.78 is 32.4. The molecule has 3 rings (SSSR count). The van der Waals surface area contributed by atoms with Gasteiger partial charge in [0.2, 0.25) is 10.0 Å². The Morgan fingerprint density at radius 2 is 1.85 bits per heavy atom. The molecule has 4 nitrogen and oxygen atoms in total. The van der Waals surface area contributed by atoms with Crippen LogP contribution >= 0.6 is 0 Å². The number of hydrogen-bond donors (Lipinski definition) is 0. The zero-order chi connectivity index (χ0) is 14.4. The quantitative estimate of drug-likeness (QED) is 0.841. The Kier molecular flexibility index (Phi) is 3.39. The van der Waals surface area contributed by atoms with Gasteiger partial charge in [-0.3, -0.25) is 0 Å². The van der Waals surface area contributed by atoms with Crippen molar-refractivity contribution in [2.24, 2.45) is 0 Å². The van der Waals surface area contributed by atoms with Crippen LogP contribution in [0.4, 0.5) is 0 Å². The largest absolute Gasteiger partial charge is 0.363 e. The molecule has 1 aliphatic heterocycles. The summed E-state index contributed by atoms with van der Waals surface area (Å²) in [6.45, 7) is 4.38. The van der Waals surface area contributed by atoms with Crippen LogP contribution in [0.15, 0.2) is 23.1 Å². The highest BCUT2D eigenvalue weighted by Crippen LogP contribution is 2.31. The summed E-state index contributed by atoms with van der Waals surface area (Å²) >= 11 is 0. The van der Waals surface area contributed by atoms with Gasteiger partial charge < -0.3 is 4.74 Å². The van der Waals surface area contributed by atoms with Gasteiger partial charge in [-0.15, -0.1) is 0 Å². The Morgan fingerprint density at radius 3 is 2.50 bits per heavy atom. The predicted octanol–water partition coefficient (Wildman–Crippen LogP) is 2.32. The maximum atomic E-state index is 12.8. The fraction of sp³-hybridized carbons (Fsp3) is 0.600. The summed E-state index contributed by atoms with van der Waals surface area (Å²) in [5, 5.41) is 0. The maximum absolute atomic E-state index is 12.8. The predicted molar refractivity (Wildman–Crippen MR) is 77.0 cm³/mol.